The standard InChI is InChI=1S/C9H11N3O5S/c10-8(13)5-12(6-9(14)15)18(16,17)7-2-1-3-11-4-7/h1-4H,5-6H2,(H2,10,13)(H,14,15). The number of carboxylic acids is 1. The fraction of sp³-hybridized carbons (Fsp3) is 0.222. The summed E-state index contributed by atoms with van der Waals surface area (Å²) in [4.78, 5) is 24.8. The normalized spacial score (nSPS) is 11.4. The van der Waals surface area contributed by atoms with Gasteiger partial charge < -0.3 is 10.8 Å². The number of nitrogens with two attached hydrogens (primary N) is 1. The second-order valence-corrected chi connectivity index (χ2v) is 5.26. The quantitative estimate of drug-likeness (QED) is 0.658. The van der Waals surface area contributed by atoms with Gasteiger partial charge in [-0.1, -0.05) is 0 Å². The number of carboxylic acid groups (broad SMARTS) is 1. The van der Waals surface area contributed by atoms with Gasteiger partial charge in [-0.3, -0.25) is 14.6 Å². The molecule has 0 aliphatic carbocycles. The third kappa shape index (κ3) is 3.50. The van der Waals surface area contributed by atoms with Crippen molar-refractivity contribution in [1.29, 1.82) is 0 Å². The molecule has 8 nitrogen and oxygen atoms in total. The average molecular weight is 273 g/mol. The van der Waals surface area contributed by atoms with Gasteiger partial charge in [-0.05, 0) is 12.1 Å². The molecule has 0 unspecified atom stereocenters. The van der Waals surface area contributed by atoms with Crippen molar-refractivity contribution < 1.29 is 23.1 Å². The molecular formula is C9H11N3O5S. The lowest BCUT2D eigenvalue weighted by atomic mass is 10.5. The molecule has 1 heterocycles. The lowest BCUT2D eigenvalue weighted by molar-refractivity contribution is -0.137. The van der Waals surface area contributed by atoms with Gasteiger partial charge in [0, 0.05) is 12.4 Å². The predicted molar refractivity (Wildman–Crippen MR) is 59.8 cm³/mol. The zero-order chi connectivity index (χ0) is 13.8. The van der Waals surface area contributed by atoms with Crippen LogP contribution in [0.1, 0.15) is 0 Å². The number of amides is 1. The Kier molecular flexibility index (Phi) is 4.34. The Hall–Kier alpha value is -2.00. The van der Waals surface area contributed by atoms with Crippen molar-refractivity contribution in [2.75, 3.05) is 13.1 Å². The Labute approximate surface area is 103 Å². The fourth-order valence-corrected chi connectivity index (χ4v) is 2.52. The zero-order valence-electron chi connectivity index (χ0n) is 9.18. The van der Waals surface area contributed by atoms with E-state index in [4.69, 9.17) is 10.8 Å². The molecule has 0 saturated carbocycles. The van der Waals surface area contributed by atoms with Gasteiger partial charge in [-0.25, -0.2) is 8.42 Å². The second kappa shape index (κ2) is 5.56. The lowest BCUT2D eigenvalue weighted by Gasteiger charge is -2.18. The van der Waals surface area contributed by atoms with E-state index in [2.05, 4.69) is 4.98 Å². The summed E-state index contributed by atoms with van der Waals surface area (Å²) in [5.41, 5.74) is 4.89. The maximum Gasteiger partial charge on any atom is 0.318 e. The highest BCUT2D eigenvalue weighted by Crippen LogP contribution is 2.13. The molecule has 0 aromatic carbocycles. The van der Waals surface area contributed by atoms with Crippen LogP contribution in [-0.4, -0.2) is 47.8 Å². The maximum atomic E-state index is 12.0. The highest BCUT2D eigenvalue weighted by molar-refractivity contribution is 7.89. The maximum absolute atomic E-state index is 12.0. The zero-order valence-corrected chi connectivity index (χ0v) is 10.0. The van der Waals surface area contributed by atoms with Gasteiger partial charge in [0.25, 0.3) is 0 Å². The Bertz CT molecular complexity index is 527. The molecule has 1 amide bonds. The molecule has 9 heteroatoms. The number of primary amides is 1. The van der Waals surface area contributed by atoms with Crippen LogP contribution in [0.15, 0.2) is 29.4 Å². The number of carbonyl (C=O) groups is 2. The number of nitrogens with zero attached hydrogens (tertiary/aromatic N) is 2. The summed E-state index contributed by atoms with van der Waals surface area (Å²) in [5, 5.41) is 8.63. The minimum atomic E-state index is -4.10. The monoisotopic (exact) mass is 273 g/mol. The van der Waals surface area contributed by atoms with Gasteiger partial charge in [0.15, 0.2) is 0 Å². The molecule has 0 spiro atoms. The molecule has 0 saturated heterocycles. The Morgan fingerprint density at radius 1 is 1.39 bits per heavy atom. The van der Waals surface area contributed by atoms with Crippen molar-refractivity contribution in [3.8, 4) is 0 Å². The molecule has 18 heavy (non-hydrogen) atoms. The van der Waals surface area contributed by atoms with Crippen LogP contribution in [-0.2, 0) is 19.6 Å². The number of rotatable bonds is 6. The van der Waals surface area contributed by atoms with Crippen molar-refractivity contribution >= 4 is 21.9 Å². The first-order chi connectivity index (χ1) is 8.34. The van der Waals surface area contributed by atoms with Crippen LogP contribution in [0.25, 0.3) is 0 Å². The van der Waals surface area contributed by atoms with Gasteiger partial charge in [0.2, 0.25) is 15.9 Å². The highest BCUT2D eigenvalue weighted by Gasteiger charge is 2.27. The molecule has 0 fully saturated rings. The van der Waals surface area contributed by atoms with Gasteiger partial charge in [-0.15, -0.1) is 0 Å². The molecule has 0 radical (unpaired) electrons. The number of hydrogen-bond acceptors (Lipinski definition) is 5. The third-order valence-electron chi connectivity index (χ3n) is 1.92. The van der Waals surface area contributed by atoms with Crippen LogP contribution >= 0.6 is 0 Å². The van der Waals surface area contributed by atoms with E-state index in [1.165, 1.54) is 18.3 Å². The van der Waals surface area contributed by atoms with E-state index in [1.807, 2.05) is 0 Å². The molecule has 0 bridgehead atoms. The summed E-state index contributed by atoms with van der Waals surface area (Å²) >= 11 is 0. The van der Waals surface area contributed by atoms with E-state index >= 15 is 0 Å². The number of aromatic nitrogens is 1. The first-order valence-corrected chi connectivity index (χ1v) is 6.18. The van der Waals surface area contributed by atoms with Crippen molar-refractivity contribution in [1.82, 2.24) is 9.29 Å². The molecular weight excluding hydrogens is 262 g/mol. The summed E-state index contributed by atoms with van der Waals surface area (Å²) < 4.78 is 24.5. The molecule has 3 N–H and O–H groups in total. The number of sulfonamides is 1. The van der Waals surface area contributed by atoms with Crippen molar-refractivity contribution in [2.45, 2.75) is 4.90 Å². The van der Waals surface area contributed by atoms with E-state index in [1.54, 1.807) is 0 Å². The predicted octanol–water partition coefficient (Wildman–Crippen LogP) is -1.36. The van der Waals surface area contributed by atoms with Crippen LogP contribution in [0.4, 0.5) is 0 Å². The Balaban J connectivity index is 3.11. The molecule has 1 aromatic heterocycles. The van der Waals surface area contributed by atoms with Crippen LogP contribution < -0.4 is 5.73 Å². The molecule has 1 rings (SSSR count). The van der Waals surface area contributed by atoms with Crippen LogP contribution in [0.5, 0.6) is 0 Å². The number of hydrogen-bond donors (Lipinski definition) is 2. The molecule has 98 valence electrons. The summed E-state index contributed by atoms with van der Waals surface area (Å²) in [5.74, 6) is -2.33. The first-order valence-electron chi connectivity index (χ1n) is 4.74. The van der Waals surface area contributed by atoms with E-state index in [-0.39, 0.29) is 4.90 Å². The summed E-state index contributed by atoms with van der Waals surface area (Å²) in [6.07, 6.45) is 2.43. The molecule has 0 aliphatic rings. The van der Waals surface area contributed by atoms with Crippen LogP contribution in [0.3, 0.4) is 0 Å². The van der Waals surface area contributed by atoms with Gasteiger partial charge in [0.05, 0.1) is 6.54 Å². The molecule has 0 atom stereocenters. The van der Waals surface area contributed by atoms with Crippen molar-refractivity contribution in [2.24, 2.45) is 5.73 Å². The van der Waals surface area contributed by atoms with E-state index in [9.17, 15) is 18.0 Å². The van der Waals surface area contributed by atoms with Crippen LogP contribution in [0, 0.1) is 0 Å². The van der Waals surface area contributed by atoms with E-state index < -0.39 is 35.0 Å². The SMILES string of the molecule is NC(=O)CN(CC(=O)O)S(=O)(=O)c1cccnc1. The van der Waals surface area contributed by atoms with Gasteiger partial charge >= 0.3 is 5.97 Å². The van der Waals surface area contributed by atoms with E-state index in [0.717, 1.165) is 6.20 Å². The smallest absolute Gasteiger partial charge is 0.318 e. The van der Waals surface area contributed by atoms with Crippen LogP contribution in [0.2, 0.25) is 0 Å². The number of carbonyl (C=O) groups excluding carboxylic acids is 1. The second-order valence-electron chi connectivity index (χ2n) is 3.32. The summed E-state index contributed by atoms with van der Waals surface area (Å²) in [6.45, 7) is -1.55. The Morgan fingerprint density at radius 3 is 2.50 bits per heavy atom. The third-order valence-corrected chi connectivity index (χ3v) is 3.69. The molecule has 0 aliphatic heterocycles. The summed E-state index contributed by atoms with van der Waals surface area (Å²) in [7, 11) is -4.10. The first kappa shape index (κ1) is 14.1. The number of pyridine rings is 1. The number of aliphatic carboxylic acids is 1. The largest absolute Gasteiger partial charge is 0.480 e. The minimum absolute atomic E-state index is 0.201. The molecule has 1 aromatic rings. The topological polar surface area (TPSA) is 131 Å². The minimum Gasteiger partial charge on any atom is -0.480 e. The van der Waals surface area contributed by atoms with Crippen molar-refractivity contribution in [3.63, 3.8) is 0 Å². The highest BCUT2D eigenvalue weighted by atomic mass is 32.2. The van der Waals surface area contributed by atoms with Crippen molar-refractivity contribution in [3.05, 3.63) is 24.5 Å². The fourth-order valence-electron chi connectivity index (χ4n) is 1.20. The average Bonchev–Trinajstić information content (AvgIpc) is 2.28. The van der Waals surface area contributed by atoms with E-state index in [0.29, 0.717) is 4.31 Å². The van der Waals surface area contributed by atoms with Gasteiger partial charge in [-0.2, -0.15) is 4.31 Å². The Morgan fingerprint density at radius 2 is 2.06 bits per heavy atom. The summed E-state index contributed by atoms with van der Waals surface area (Å²) in [6, 6.07) is 2.63. The van der Waals surface area contributed by atoms with Gasteiger partial charge in [0.1, 0.15) is 11.4 Å². The lowest BCUT2D eigenvalue weighted by Crippen LogP contribution is -2.41.